The number of phosphoric acid groups is 1. The fourth-order valence-corrected chi connectivity index (χ4v) is 5.00. The van der Waals surface area contributed by atoms with Crippen molar-refractivity contribution in [1.29, 1.82) is 0 Å². The number of phosphoric ester groups is 1. The average Bonchev–Trinajstić information content (AvgIpc) is 2.97. The van der Waals surface area contributed by atoms with E-state index in [1.165, 1.54) is 0 Å². The first-order chi connectivity index (χ1) is 21.3. The zero-order chi connectivity index (χ0) is 34.0. The van der Waals surface area contributed by atoms with Crippen molar-refractivity contribution in [2.75, 3.05) is 73.9 Å². The second-order valence-electron chi connectivity index (χ2n) is 12.5. The Labute approximate surface area is 270 Å². The molecule has 0 amide bonds. The smallest absolute Gasteiger partial charge is 0.466 e. The molecule has 0 radical (unpaired) electrons. The molecule has 0 bridgehead atoms. The Bertz CT molecular complexity index is 851. The van der Waals surface area contributed by atoms with E-state index in [0.29, 0.717) is 75.2 Å². The molecule has 0 aliphatic heterocycles. The van der Waals surface area contributed by atoms with Crippen molar-refractivity contribution < 1.29 is 61.8 Å². The Kier molecular flexibility index (Phi) is 24.6. The number of nitrogens with zero attached hydrogens (tertiary/aromatic N) is 1. The predicted molar refractivity (Wildman–Crippen MR) is 169 cm³/mol. The Morgan fingerprint density at radius 2 is 1.09 bits per heavy atom. The fraction of sp³-hybridized carbons (Fsp3) is 0.903. The van der Waals surface area contributed by atoms with Crippen LogP contribution in [0, 0.1) is 5.41 Å². The van der Waals surface area contributed by atoms with E-state index >= 15 is 0 Å². The minimum Gasteiger partial charge on any atom is -0.466 e. The van der Waals surface area contributed by atoms with Crippen LogP contribution in [0.4, 0.5) is 0 Å². The molecule has 2 atom stereocenters. The summed E-state index contributed by atoms with van der Waals surface area (Å²) in [7, 11) is 1.74. The maximum Gasteiger partial charge on any atom is 0.472 e. The largest absolute Gasteiger partial charge is 0.472 e. The van der Waals surface area contributed by atoms with E-state index in [2.05, 4.69) is 0 Å². The van der Waals surface area contributed by atoms with Crippen LogP contribution in [0.5, 0.6) is 0 Å². The van der Waals surface area contributed by atoms with Gasteiger partial charge in [0, 0.05) is 37.9 Å². The summed E-state index contributed by atoms with van der Waals surface area (Å²) in [6.07, 6.45) is 7.83. The van der Waals surface area contributed by atoms with E-state index in [4.69, 9.17) is 33.5 Å². The van der Waals surface area contributed by atoms with Crippen LogP contribution in [-0.4, -0.2) is 111 Å². The van der Waals surface area contributed by atoms with Gasteiger partial charge >= 0.3 is 25.7 Å². The van der Waals surface area contributed by atoms with Gasteiger partial charge in [-0.15, -0.1) is 0 Å². The van der Waals surface area contributed by atoms with Crippen LogP contribution < -0.4 is 0 Å². The van der Waals surface area contributed by atoms with E-state index in [-0.39, 0.29) is 83.4 Å². The van der Waals surface area contributed by atoms with Gasteiger partial charge in [-0.25, -0.2) is 4.57 Å². The molecule has 2 unspecified atom stereocenters. The number of aliphatic hydroxyl groups is 2. The third-order valence-electron chi connectivity index (χ3n) is 7.45. The van der Waals surface area contributed by atoms with Gasteiger partial charge in [-0.05, 0) is 57.8 Å². The second kappa shape index (κ2) is 25.5. The minimum atomic E-state index is -4.10. The van der Waals surface area contributed by atoms with Crippen LogP contribution in [0.1, 0.15) is 103 Å². The molecule has 0 saturated heterocycles. The number of aliphatic hydroxyl groups excluding tert-OH is 2. The molecule has 266 valence electrons. The van der Waals surface area contributed by atoms with Gasteiger partial charge in [0.15, 0.2) is 0 Å². The number of unbranched alkanes of at least 4 members (excludes halogenated alkanes) is 6. The van der Waals surface area contributed by atoms with Crippen molar-refractivity contribution in [2.45, 2.75) is 103 Å². The number of quaternary nitrogens is 1. The molecule has 0 aliphatic carbocycles. The molecule has 0 aromatic heterocycles. The Balaban J connectivity index is 4.62. The first-order valence-electron chi connectivity index (χ1n) is 16.4. The van der Waals surface area contributed by atoms with E-state index in [1.807, 2.05) is 28.1 Å². The van der Waals surface area contributed by atoms with E-state index in [0.717, 1.165) is 12.8 Å². The fourth-order valence-electron chi connectivity index (χ4n) is 4.25. The molecule has 0 rings (SSSR count). The Morgan fingerprint density at radius 1 is 0.644 bits per heavy atom. The van der Waals surface area contributed by atoms with Gasteiger partial charge in [0.2, 0.25) is 0 Å². The molecule has 0 aliphatic rings. The summed E-state index contributed by atoms with van der Waals surface area (Å²) < 4.78 is 39.0. The summed E-state index contributed by atoms with van der Waals surface area (Å²) in [6, 6.07) is 0. The number of carbonyl (C=O) groups excluding carboxylic acids is 3. The highest BCUT2D eigenvalue weighted by Gasteiger charge is 2.31. The summed E-state index contributed by atoms with van der Waals surface area (Å²) in [5.41, 5.74) is -0.540. The topological polar surface area (TPSA) is 175 Å². The van der Waals surface area contributed by atoms with Gasteiger partial charge in [0.05, 0.1) is 47.6 Å². The molecule has 0 saturated carbocycles. The molecule has 0 spiro atoms. The van der Waals surface area contributed by atoms with Crippen LogP contribution in [0.15, 0.2) is 0 Å². The maximum absolute atomic E-state index is 12.3. The van der Waals surface area contributed by atoms with Crippen LogP contribution in [0.3, 0.4) is 0 Å². The van der Waals surface area contributed by atoms with E-state index in [9.17, 15) is 23.8 Å². The Morgan fingerprint density at radius 3 is 1.53 bits per heavy atom. The van der Waals surface area contributed by atoms with Crippen molar-refractivity contribution in [2.24, 2.45) is 5.41 Å². The number of esters is 3. The molecule has 0 aromatic rings. The number of likely N-dealkylation sites (N-methyl/N-ethyl adjacent to an activating group) is 1. The summed E-state index contributed by atoms with van der Waals surface area (Å²) >= 11 is 0. The predicted octanol–water partition coefficient (Wildman–Crippen LogP) is 4.30. The molecule has 13 nitrogen and oxygen atoms in total. The summed E-state index contributed by atoms with van der Waals surface area (Å²) in [5, 5.41) is 17.8. The number of hydrogen-bond acceptors (Lipinski definition) is 11. The third-order valence-corrected chi connectivity index (χ3v) is 8.47. The van der Waals surface area contributed by atoms with Crippen molar-refractivity contribution >= 4 is 25.7 Å². The zero-order valence-electron chi connectivity index (χ0n) is 28.2. The van der Waals surface area contributed by atoms with Crippen molar-refractivity contribution in [1.82, 2.24) is 0 Å². The van der Waals surface area contributed by atoms with Gasteiger partial charge in [-0.2, -0.15) is 0 Å². The normalized spacial score (nSPS) is 14.4. The minimum absolute atomic E-state index is 0.0413. The molecule has 0 heterocycles. The lowest BCUT2D eigenvalue weighted by molar-refractivity contribution is -0.870. The number of ether oxygens (including phenoxy) is 3. The summed E-state index contributed by atoms with van der Waals surface area (Å²) in [5.74, 6) is -1.02. The van der Waals surface area contributed by atoms with Gasteiger partial charge < -0.3 is 33.8 Å². The third kappa shape index (κ3) is 26.2. The average molecular weight is 671 g/mol. The van der Waals surface area contributed by atoms with E-state index < -0.39 is 13.2 Å². The first-order valence-corrected chi connectivity index (χ1v) is 17.9. The van der Waals surface area contributed by atoms with Crippen molar-refractivity contribution in [3.05, 3.63) is 0 Å². The summed E-state index contributed by atoms with van der Waals surface area (Å²) in [6.45, 7) is 3.23. The van der Waals surface area contributed by atoms with Gasteiger partial charge in [0.25, 0.3) is 0 Å². The highest BCUT2D eigenvalue weighted by Crippen LogP contribution is 2.43. The number of carbonyl (C=O) groups is 3. The van der Waals surface area contributed by atoms with Crippen molar-refractivity contribution in [3.8, 4) is 0 Å². The van der Waals surface area contributed by atoms with Gasteiger partial charge in [0.1, 0.15) is 13.2 Å². The Hall–Kier alpha value is -1.60. The first kappa shape index (κ1) is 43.4. The second-order valence-corrected chi connectivity index (χ2v) is 13.9. The molecule has 14 heteroatoms. The molecule has 45 heavy (non-hydrogen) atoms. The SMILES string of the molecule is CCC(CCOC(=O)CCCCCO)(CCOC(=O)CCCCCOP(=O)(O)OCC[N+](C)(C)C)COC(=O)CCCCCO. The van der Waals surface area contributed by atoms with Gasteiger partial charge in [-0.1, -0.05) is 26.2 Å². The number of rotatable bonds is 30. The lowest BCUT2D eigenvalue weighted by Crippen LogP contribution is -2.37. The maximum atomic E-state index is 12.3. The molecule has 3 N–H and O–H groups in total. The standard InChI is InChI=1S/C31H60NO12P/c1-5-31(27-42-30(37)17-10-7-13-22-34,18-24-40-28(35)15-9-6-12-21-33)19-25-41-29(36)16-11-8-14-23-43-45(38,39)44-26-20-32(2,3)4/h33-34H,5-27H2,1-4H3/p+1. The summed E-state index contributed by atoms with van der Waals surface area (Å²) in [4.78, 5) is 46.5. The van der Waals surface area contributed by atoms with Gasteiger partial charge in [-0.3, -0.25) is 23.4 Å². The molecular formula is C31H61NO12P+. The molecule has 0 aromatic carbocycles. The van der Waals surface area contributed by atoms with Crippen LogP contribution in [0.25, 0.3) is 0 Å². The number of hydrogen-bond donors (Lipinski definition) is 3. The van der Waals surface area contributed by atoms with Crippen LogP contribution in [0.2, 0.25) is 0 Å². The van der Waals surface area contributed by atoms with Crippen LogP contribution in [-0.2, 0) is 42.2 Å². The lowest BCUT2D eigenvalue weighted by Gasteiger charge is -2.32. The van der Waals surface area contributed by atoms with Crippen molar-refractivity contribution in [3.63, 3.8) is 0 Å². The molecular weight excluding hydrogens is 609 g/mol. The lowest BCUT2D eigenvalue weighted by atomic mass is 9.80. The molecule has 0 fully saturated rings. The highest BCUT2D eigenvalue weighted by atomic mass is 31.2. The zero-order valence-corrected chi connectivity index (χ0v) is 29.1. The monoisotopic (exact) mass is 670 g/mol. The highest BCUT2D eigenvalue weighted by molar-refractivity contribution is 7.47. The quantitative estimate of drug-likeness (QED) is 0.0325. The van der Waals surface area contributed by atoms with Crippen LogP contribution >= 0.6 is 7.82 Å². The van der Waals surface area contributed by atoms with E-state index in [1.54, 1.807) is 0 Å².